The number of aliphatic carboxylic acids is 2. The molecule has 0 aliphatic carbocycles. The summed E-state index contributed by atoms with van der Waals surface area (Å²) < 4.78 is 0. The van der Waals surface area contributed by atoms with Crippen LogP contribution < -0.4 is 0 Å². The number of carboxylic acids is 2. The molecule has 0 aliphatic heterocycles. The molecule has 0 spiro atoms. The molecule has 0 aromatic rings. The Bertz CT molecular complexity index is 431. The molecule has 4 nitrogen and oxygen atoms in total. The monoisotopic (exact) mass is 438 g/mol. The summed E-state index contributed by atoms with van der Waals surface area (Å²) in [7, 11) is 0. The second-order valence-corrected chi connectivity index (χ2v) is 9.05. The van der Waals surface area contributed by atoms with Gasteiger partial charge < -0.3 is 10.2 Å². The first-order valence-electron chi connectivity index (χ1n) is 13.2. The Morgan fingerprint density at radius 3 is 0.871 bits per heavy atom. The van der Waals surface area contributed by atoms with Crippen molar-refractivity contribution in [2.45, 2.75) is 148 Å². The van der Waals surface area contributed by atoms with Crippen molar-refractivity contribution in [2.75, 3.05) is 0 Å². The average Bonchev–Trinajstić information content (AvgIpc) is 2.73. The summed E-state index contributed by atoms with van der Waals surface area (Å²) in [4.78, 5) is 20.8. The van der Waals surface area contributed by atoms with Gasteiger partial charge in [-0.1, -0.05) is 108 Å². The zero-order chi connectivity index (χ0) is 22.8. The number of carboxylic acid groups (broad SMARTS) is 2. The highest BCUT2D eigenvalue weighted by Gasteiger charge is 1.98. The summed E-state index contributed by atoms with van der Waals surface area (Å²) >= 11 is 0. The summed E-state index contributed by atoms with van der Waals surface area (Å²) in [6, 6.07) is 0. The van der Waals surface area contributed by atoms with Crippen LogP contribution in [0.5, 0.6) is 0 Å². The van der Waals surface area contributed by atoms with E-state index in [4.69, 9.17) is 10.2 Å². The van der Waals surface area contributed by atoms with Gasteiger partial charge in [-0.05, 0) is 38.5 Å². The third-order valence-electron chi connectivity index (χ3n) is 5.94. The van der Waals surface area contributed by atoms with Crippen molar-refractivity contribution in [2.24, 2.45) is 0 Å². The van der Waals surface area contributed by atoms with Gasteiger partial charge in [0.25, 0.3) is 0 Å². The highest BCUT2D eigenvalue weighted by molar-refractivity contribution is 5.66. The molecule has 0 saturated carbocycles. The molecule has 0 bridgehead atoms. The summed E-state index contributed by atoms with van der Waals surface area (Å²) in [5, 5.41) is 17.2. The van der Waals surface area contributed by atoms with Crippen LogP contribution in [0.2, 0.25) is 0 Å². The number of carbonyl (C=O) groups is 2. The maximum Gasteiger partial charge on any atom is 0.303 e. The summed E-state index contributed by atoms with van der Waals surface area (Å²) in [6.07, 6.45) is 31.2. The molecule has 0 rings (SSSR count). The van der Waals surface area contributed by atoms with Gasteiger partial charge in [-0.15, -0.1) is 0 Å². The van der Waals surface area contributed by atoms with Gasteiger partial charge in [-0.25, -0.2) is 0 Å². The molecule has 0 atom stereocenters. The first kappa shape index (κ1) is 29.7. The Kier molecular flexibility index (Phi) is 23.9. The maximum absolute atomic E-state index is 10.4. The largest absolute Gasteiger partial charge is 0.481 e. The highest BCUT2D eigenvalue weighted by Crippen LogP contribution is 2.14. The molecule has 31 heavy (non-hydrogen) atoms. The Labute approximate surface area is 191 Å². The van der Waals surface area contributed by atoms with E-state index in [2.05, 4.69) is 12.2 Å². The molecule has 0 aromatic carbocycles. The minimum absolute atomic E-state index is 0.319. The molecule has 0 aromatic heterocycles. The van der Waals surface area contributed by atoms with Crippen LogP contribution in [-0.4, -0.2) is 22.2 Å². The summed E-state index contributed by atoms with van der Waals surface area (Å²) in [5.41, 5.74) is 0. The van der Waals surface area contributed by atoms with Gasteiger partial charge in [0.15, 0.2) is 0 Å². The Morgan fingerprint density at radius 2 is 0.613 bits per heavy atom. The van der Waals surface area contributed by atoms with Crippen LogP contribution in [0.3, 0.4) is 0 Å². The maximum atomic E-state index is 10.4. The van der Waals surface area contributed by atoms with Gasteiger partial charge in [0, 0.05) is 12.8 Å². The number of unbranched alkanes of at least 4 members (excludes halogenated alkanes) is 19. The van der Waals surface area contributed by atoms with Gasteiger partial charge in [-0.3, -0.25) is 9.59 Å². The van der Waals surface area contributed by atoms with E-state index in [1.54, 1.807) is 0 Å². The minimum atomic E-state index is -0.672. The number of allylic oxidation sites excluding steroid dienone is 2. The molecule has 0 heterocycles. The number of rotatable bonds is 25. The lowest BCUT2D eigenvalue weighted by molar-refractivity contribution is -0.138. The Morgan fingerprint density at radius 1 is 0.387 bits per heavy atom. The first-order valence-corrected chi connectivity index (χ1v) is 13.2. The van der Waals surface area contributed by atoms with Crippen molar-refractivity contribution in [3.8, 4) is 0 Å². The van der Waals surface area contributed by atoms with Gasteiger partial charge in [0.05, 0.1) is 0 Å². The van der Waals surface area contributed by atoms with E-state index in [-0.39, 0.29) is 0 Å². The van der Waals surface area contributed by atoms with Crippen LogP contribution in [-0.2, 0) is 9.59 Å². The number of hydrogen-bond donors (Lipinski definition) is 2. The fourth-order valence-corrected chi connectivity index (χ4v) is 3.96. The fraction of sp³-hybridized carbons (Fsp3) is 0.852. The quantitative estimate of drug-likeness (QED) is 0.110. The van der Waals surface area contributed by atoms with E-state index in [9.17, 15) is 9.59 Å². The number of hydrogen-bond acceptors (Lipinski definition) is 2. The molecule has 0 amide bonds. The summed E-state index contributed by atoms with van der Waals surface area (Å²) in [5.74, 6) is -1.34. The van der Waals surface area contributed by atoms with Crippen LogP contribution >= 0.6 is 0 Å². The predicted octanol–water partition coefficient (Wildman–Crippen LogP) is 8.68. The zero-order valence-corrected chi connectivity index (χ0v) is 20.1. The molecule has 2 N–H and O–H groups in total. The van der Waals surface area contributed by atoms with Crippen molar-refractivity contribution < 1.29 is 19.8 Å². The summed E-state index contributed by atoms with van der Waals surface area (Å²) in [6.45, 7) is 0. The van der Waals surface area contributed by atoms with Gasteiger partial charge in [0.2, 0.25) is 0 Å². The van der Waals surface area contributed by atoms with E-state index in [1.807, 2.05) is 0 Å². The van der Waals surface area contributed by atoms with E-state index in [1.165, 1.54) is 103 Å². The van der Waals surface area contributed by atoms with Gasteiger partial charge >= 0.3 is 11.9 Å². The van der Waals surface area contributed by atoms with Crippen molar-refractivity contribution in [1.82, 2.24) is 0 Å². The third-order valence-corrected chi connectivity index (χ3v) is 5.94. The molecule has 0 radical (unpaired) electrons. The second-order valence-electron chi connectivity index (χ2n) is 9.05. The van der Waals surface area contributed by atoms with Crippen LogP contribution in [0.4, 0.5) is 0 Å². The minimum Gasteiger partial charge on any atom is -0.481 e. The van der Waals surface area contributed by atoms with Gasteiger partial charge in [0.1, 0.15) is 0 Å². The van der Waals surface area contributed by atoms with Crippen molar-refractivity contribution in [3.05, 3.63) is 12.2 Å². The molecule has 0 aliphatic rings. The van der Waals surface area contributed by atoms with Crippen molar-refractivity contribution in [3.63, 3.8) is 0 Å². The molecule has 4 heteroatoms. The van der Waals surface area contributed by atoms with Crippen LogP contribution in [0.15, 0.2) is 12.2 Å². The fourth-order valence-electron chi connectivity index (χ4n) is 3.96. The van der Waals surface area contributed by atoms with E-state index < -0.39 is 11.9 Å². The first-order chi connectivity index (χ1) is 15.1. The van der Waals surface area contributed by atoms with E-state index >= 15 is 0 Å². The topological polar surface area (TPSA) is 74.6 Å². The van der Waals surface area contributed by atoms with Crippen LogP contribution in [0.1, 0.15) is 148 Å². The van der Waals surface area contributed by atoms with E-state index in [0.29, 0.717) is 12.8 Å². The highest BCUT2D eigenvalue weighted by atomic mass is 16.4. The van der Waals surface area contributed by atoms with Crippen molar-refractivity contribution in [1.29, 1.82) is 0 Å². The van der Waals surface area contributed by atoms with Crippen LogP contribution in [0, 0.1) is 0 Å². The molecular weight excluding hydrogens is 388 g/mol. The normalized spacial score (nSPS) is 11.4. The second kappa shape index (κ2) is 24.9. The smallest absolute Gasteiger partial charge is 0.303 e. The lowest BCUT2D eigenvalue weighted by atomic mass is 10.0. The lowest BCUT2D eigenvalue weighted by Crippen LogP contribution is -1.93. The molecule has 0 fully saturated rings. The Hall–Kier alpha value is -1.32. The predicted molar refractivity (Wildman–Crippen MR) is 131 cm³/mol. The SMILES string of the molecule is O=C(O)CCCCCCCC=CCCCCCCCCCCCCCCCCC(=O)O. The third kappa shape index (κ3) is 28.7. The molecule has 182 valence electrons. The molecular formula is C27H50O4. The standard InChI is InChI=1S/C27H50O4/c28-26(29)24-22-20-18-16-14-12-10-8-6-4-2-1-3-5-7-9-11-13-15-17-19-21-23-25-27(30)31/h8,10H,1-7,9,11-25H2,(H,28,29)(H,30,31). The lowest BCUT2D eigenvalue weighted by Gasteiger charge is -2.03. The van der Waals surface area contributed by atoms with E-state index in [0.717, 1.165) is 32.1 Å². The van der Waals surface area contributed by atoms with Crippen LogP contribution in [0.25, 0.3) is 0 Å². The van der Waals surface area contributed by atoms with Gasteiger partial charge in [-0.2, -0.15) is 0 Å². The average molecular weight is 439 g/mol. The molecule has 0 unspecified atom stereocenters. The molecule has 0 saturated heterocycles. The zero-order valence-electron chi connectivity index (χ0n) is 20.1. The van der Waals surface area contributed by atoms with Crippen molar-refractivity contribution >= 4 is 11.9 Å². The Balaban J connectivity index is 3.09.